The molecule has 0 aromatic heterocycles. The van der Waals surface area contributed by atoms with Gasteiger partial charge in [-0.15, -0.1) is 0 Å². The molecule has 7 nitrogen and oxygen atoms in total. The summed E-state index contributed by atoms with van der Waals surface area (Å²) in [6, 6.07) is -0.168. The number of nitrogens with one attached hydrogen (secondary N) is 2. The third-order valence-electron chi connectivity index (χ3n) is 3.47. The first-order valence-corrected chi connectivity index (χ1v) is 6.99. The molecule has 2 atom stereocenters. The summed E-state index contributed by atoms with van der Waals surface area (Å²) in [6.45, 7) is 4.85. The van der Waals surface area contributed by atoms with E-state index in [4.69, 9.17) is 5.11 Å². The number of carboxylic acid groups (broad SMARTS) is 1. The van der Waals surface area contributed by atoms with Gasteiger partial charge in [0.2, 0.25) is 5.91 Å². The third kappa shape index (κ3) is 5.07. The lowest BCUT2D eigenvalue weighted by molar-refractivity contribution is -0.141. The van der Waals surface area contributed by atoms with Crippen LogP contribution in [0.5, 0.6) is 0 Å². The molecule has 0 aromatic carbocycles. The molecule has 7 heteroatoms. The quantitative estimate of drug-likeness (QED) is 0.658. The summed E-state index contributed by atoms with van der Waals surface area (Å²) in [6.07, 6.45) is 1.58. The molecule has 1 rings (SSSR count). The van der Waals surface area contributed by atoms with Crippen molar-refractivity contribution in [2.45, 2.75) is 39.2 Å². The summed E-state index contributed by atoms with van der Waals surface area (Å²) in [7, 11) is 0. The van der Waals surface area contributed by atoms with E-state index in [9.17, 15) is 14.4 Å². The average Bonchev–Trinajstić information content (AvgIpc) is 2.88. The minimum absolute atomic E-state index is 0.0931. The predicted molar refractivity (Wildman–Crippen MR) is 73.2 cm³/mol. The van der Waals surface area contributed by atoms with Gasteiger partial charge < -0.3 is 20.6 Å². The van der Waals surface area contributed by atoms with E-state index in [0.29, 0.717) is 13.0 Å². The standard InChI is InChI=1S/C13H23N3O4/c1-3-9(2)15-11(17)4-6-14-13(20)16-7-5-10(8-16)12(18)19/h9-10H,3-8H2,1-2H3,(H,14,20)(H,15,17)(H,18,19). The first-order valence-electron chi connectivity index (χ1n) is 6.99. The van der Waals surface area contributed by atoms with Crippen molar-refractivity contribution in [3.63, 3.8) is 0 Å². The second-order valence-corrected chi connectivity index (χ2v) is 5.13. The summed E-state index contributed by atoms with van der Waals surface area (Å²) in [4.78, 5) is 35.5. The number of nitrogens with zero attached hydrogens (tertiary/aromatic N) is 1. The van der Waals surface area contributed by atoms with E-state index < -0.39 is 11.9 Å². The lowest BCUT2D eigenvalue weighted by Crippen LogP contribution is -2.41. The number of rotatable bonds is 6. The predicted octanol–water partition coefficient (Wildman–Crippen LogP) is 0.407. The van der Waals surface area contributed by atoms with Gasteiger partial charge in [-0.2, -0.15) is 0 Å². The van der Waals surface area contributed by atoms with Crippen LogP contribution < -0.4 is 10.6 Å². The van der Waals surface area contributed by atoms with Crippen LogP contribution in [0.2, 0.25) is 0 Å². The molecule has 0 aliphatic carbocycles. The van der Waals surface area contributed by atoms with Gasteiger partial charge in [0.15, 0.2) is 0 Å². The molecule has 1 fully saturated rings. The molecule has 1 heterocycles. The lowest BCUT2D eigenvalue weighted by Gasteiger charge is -2.17. The van der Waals surface area contributed by atoms with Crippen molar-refractivity contribution < 1.29 is 19.5 Å². The second kappa shape index (κ2) is 7.72. The fourth-order valence-corrected chi connectivity index (χ4v) is 1.99. The summed E-state index contributed by atoms with van der Waals surface area (Å²) in [5.74, 6) is -1.44. The van der Waals surface area contributed by atoms with Crippen LogP contribution in [-0.4, -0.2) is 53.6 Å². The van der Waals surface area contributed by atoms with Crippen molar-refractivity contribution in [2.75, 3.05) is 19.6 Å². The SMILES string of the molecule is CCC(C)NC(=O)CCNC(=O)N1CCC(C(=O)O)C1. The summed E-state index contributed by atoms with van der Waals surface area (Å²) in [5.41, 5.74) is 0. The maximum absolute atomic E-state index is 11.8. The number of hydrogen-bond acceptors (Lipinski definition) is 3. The van der Waals surface area contributed by atoms with E-state index in [2.05, 4.69) is 10.6 Å². The molecular weight excluding hydrogens is 262 g/mol. The van der Waals surface area contributed by atoms with Crippen LogP contribution >= 0.6 is 0 Å². The highest BCUT2D eigenvalue weighted by Crippen LogP contribution is 2.15. The highest BCUT2D eigenvalue weighted by atomic mass is 16.4. The highest BCUT2D eigenvalue weighted by molar-refractivity contribution is 5.79. The minimum Gasteiger partial charge on any atom is -0.481 e. The van der Waals surface area contributed by atoms with Crippen LogP contribution in [0, 0.1) is 5.92 Å². The zero-order chi connectivity index (χ0) is 15.1. The molecule has 114 valence electrons. The van der Waals surface area contributed by atoms with Crippen LogP contribution in [-0.2, 0) is 9.59 Å². The number of hydrogen-bond donors (Lipinski definition) is 3. The van der Waals surface area contributed by atoms with E-state index in [1.807, 2.05) is 13.8 Å². The number of carbonyl (C=O) groups excluding carboxylic acids is 2. The Hall–Kier alpha value is -1.79. The first-order chi connectivity index (χ1) is 9.43. The van der Waals surface area contributed by atoms with Gasteiger partial charge in [0.1, 0.15) is 0 Å². The Morgan fingerprint density at radius 2 is 2.10 bits per heavy atom. The van der Waals surface area contributed by atoms with Crippen molar-refractivity contribution in [1.29, 1.82) is 0 Å². The maximum Gasteiger partial charge on any atom is 0.317 e. The lowest BCUT2D eigenvalue weighted by atomic mass is 10.1. The van der Waals surface area contributed by atoms with E-state index in [0.717, 1.165) is 6.42 Å². The van der Waals surface area contributed by atoms with Crippen molar-refractivity contribution in [1.82, 2.24) is 15.5 Å². The Morgan fingerprint density at radius 1 is 1.40 bits per heavy atom. The van der Waals surface area contributed by atoms with E-state index in [-0.39, 0.29) is 37.5 Å². The molecule has 0 aromatic rings. The number of carboxylic acids is 1. The Kier molecular flexibility index (Phi) is 6.27. The Balaban J connectivity index is 2.21. The topological polar surface area (TPSA) is 98.7 Å². The molecule has 3 amide bonds. The number of likely N-dealkylation sites (tertiary alicyclic amines) is 1. The van der Waals surface area contributed by atoms with Crippen molar-refractivity contribution in [2.24, 2.45) is 5.92 Å². The smallest absolute Gasteiger partial charge is 0.317 e. The molecule has 1 aliphatic heterocycles. The molecule has 0 bridgehead atoms. The average molecular weight is 285 g/mol. The zero-order valence-corrected chi connectivity index (χ0v) is 12.0. The van der Waals surface area contributed by atoms with Crippen molar-refractivity contribution >= 4 is 17.9 Å². The zero-order valence-electron chi connectivity index (χ0n) is 12.0. The van der Waals surface area contributed by atoms with Crippen LogP contribution in [0.1, 0.15) is 33.1 Å². The summed E-state index contributed by atoms with van der Waals surface area (Å²) < 4.78 is 0. The van der Waals surface area contributed by atoms with Gasteiger partial charge in [0, 0.05) is 32.1 Å². The van der Waals surface area contributed by atoms with E-state index >= 15 is 0 Å². The number of carbonyl (C=O) groups is 3. The Bertz CT molecular complexity index is 373. The number of urea groups is 1. The van der Waals surface area contributed by atoms with Crippen molar-refractivity contribution in [3.05, 3.63) is 0 Å². The molecule has 20 heavy (non-hydrogen) atoms. The van der Waals surface area contributed by atoms with Crippen LogP contribution in [0.25, 0.3) is 0 Å². The molecule has 0 spiro atoms. The van der Waals surface area contributed by atoms with Gasteiger partial charge in [-0.3, -0.25) is 9.59 Å². The molecule has 2 unspecified atom stereocenters. The molecule has 1 saturated heterocycles. The second-order valence-electron chi connectivity index (χ2n) is 5.13. The van der Waals surface area contributed by atoms with Gasteiger partial charge >= 0.3 is 12.0 Å². The molecular formula is C13H23N3O4. The Morgan fingerprint density at radius 3 is 2.65 bits per heavy atom. The van der Waals surface area contributed by atoms with E-state index in [1.165, 1.54) is 4.90 Å². The van der Waals surface area contributed by atoms with Crippen LogP contribution in [0.15, 0.2) is 0 Å². The minimum atomic E-state index is -0.867. The highest BCUT2D eigenvalue weighted by Gasteiger charge is 2.30. The number of amides is 3. The maximum atomic E-state index is 11.8. The van der Waals surface area contributed by atoms with Gasteiger partial charge in [0.25, 0.3) is 0 Å². The Labute approximate surface area is 118 Å². The van der Waals surface area contributed by atoms with Gasteiger partial charge in [-0.25, -0.2) is 4.79 Å². The third-order valence-corrected chi connectivity index (χ3v) is 3.47. The number of aliphatic carboxylic acids is 1. The summed E-state index contributed by atoms with van der Waals surface area (Å²) >= 11 is 0. The summed E-state index contributed by atoms with van der Waals surface area (Å²) in [5, 5.41) is 14.3. The fraction of sp³-hybridized carbons (Fsp3) is 0.769. The molecule has 0 saturated carbocycles. The van der Waals surface area contributed by atoms with Crippen LogP contribution in [0.3, 0.4) is 0 Å². The largest absolute Gasteiger partial charge is 0.481 e. The monoisotopic (exact) mass is 285 g/mol. The fourth-order valence-electron chi connectivity index (χ4n) is 1.99. The van der Waals surface area contributed by atoms with Gasteiger partial charge in [-0.05, 0) is 19.8 Å². The normalized spacial score (nSPS) is 19.5. The molecule has 1 aliphatic rings. The molecule has 3 N–H and O–H groups in total. The molecule has 0 radical (unpaired) electrons. The van der Waals surface area contributed by atoms with Crippen LogP contribution in [0.4, 0.5) is 4.79 Å². The van der Waals surface area contributed by atoms with Gasteiger partial charge in [0.05, 0.1) is 5.92 Å². The van der Waals surface area contributed by atoms with Crippen molar-refractivity contribution in [3.8, 4) is 0 Å². The van der Waals surface area contributed by atoms with Gasteiger partial charge in [-0.1, -0.05) is 6.92 Å². The van der Waals surface area contributed by atoms with E-state index in [1.54, 1.807) is 0 Å². The first kappa shape index (κ1) is 16.3.